The Morgan fingerprint density at radius 3 is 2.77 bits per heavy atom. The number of ether oxygens (including phenoxy) is 4. The van der Waals surface area contributed by atoms with Gasteiger partial charge in [0, 0.05) is 12.6 Å². The predicted molar refractivity (Wildman–Crippen MR) is 122 cm³/mol. The average Bonchev–Trinajstić information content (AvgIpc) is 3.44. The van der Waals surface area contributed by atoms with Crippen LogP contribution >= 0.6 is 11.8 Å². The Morgan fingerprint density at radius 1 is 1.19 bits per heavy atom. The summed E-state index contributed by atoms with van der Waals surface area (Å²) in [5, 5.41) is 0. The first-order chi connectivity index (χ1) is 15.2. The third-order valence-corrected chi connectivity index (χ3v) is 6.59. The largest absolute Gasteiger partial charge is 0.494 e. The topological polar surface area (TPSA) is 57.2 Å². The van der Waals surface area contributed by atoms with Crippen LogP contribution in [0.3, 0.4) is 0 Å². The van der Waals surface area contributed by atoms with Gasteiger partial charge in [0.2, 0.25) is 12.5 Å². The molecule has 0 N–H and O–H groups in total. The van der Waals surface area contributed by atoms with Crippen LogP contribution in [-0.4, -0.2) is 56.8 Å². The average molecular weight is 444 g/mol. The summed E-state index contributed by atoms with van der Waals surface area (Å²) in [5.74, 6) is 4.35. The van der Waals surface area contributed by atoms with E-state index in [1.807, 2.05) is 36.0 Å². The van der Waals surface area contributed by atoms with Crippen LogP contribution in [0.5, 0.6) is 23.0 Å². The van der Waals surface area contributed by atoms with Crippen LogP contribution in [0.15, 0.2) is 36.4 Å². The van der Waals surface area contributed by atoms with Crippen molar-refractivity contribution in [3.05, 3.63) is 47.5 Å². The number of benzene rings is 2. The van der Waals surface area contributed by atoms with Gasteiger partial charge in [0.15, 0.2) is 11.5 Å². The van der Waals surface area contributed by atoms with Crippen LogP contribution in [-0.2, 0) is 4.79 Å². The van der Waals surface area contributed by atoms with E-state index in [0.29, 0.717) is 18.0 Å². The molecular formula is C24H29NO5S. The molecule has 2 aromatic rings. The highest BCUT2D eigenvalue weighted by Gasteiger charge is 2.35. The third kappa shape index (κ3) is 4.93. The molecule has 166 valence electrons. The van der Waals surface area contributed by atoms with E-state index in [1.54, 1.807) is 7.11 Å². The van der Waals surface area contributed by atoms with Gasteiger partial charge in [-0.15, -0.1) is 0 Å². The van der Waals surface area contributed by atoms with Crippen molar-refractivity contribution < 1.29 is 23.7 Å². The van der Waals surface area contributed by atoms with Crippen LogP contribution < -0.4 is 18.9 Å². The summed E-state index contributed by atoms with van der Waals surface area (Å²) >= 11 is 1.83. The van der Waals surface area contributed by atoms with Crippen molar-refractivity contribution in [1.82, 2.24) is 4.90 Å². The Labute approximate surface area is 187 Å². The van der Waals surface area contributed by atoms with E-state index in [4.69, 9.17) is 18.9 Å². The fourth-order valence-electron chi connectivity index (χ4n) is 4.35. The number of carbonyl (C=O) groups is 1. The molecule has 0 bridgehead atoms. The van der Waals surface area contributed by atoms with E-state index < -0.39 is 0 Å². The highest BCUT2D eigenvalue weighted by atomic mass is 32.2. The molecule has 0 amide bonds. The predicted octanol–water partition coefficient (Wildman–Crippen LogP) is 4.29. The second kappa shape index (κ2) is 10.3. The molecule has 2 aliphatic heterocycles. The Hall–Kier alpha value is -2.38. The smallest absolute Gasteiger partial charge is 0.231 e. The van der Waals surface area contributed by atoms with Crippen molar-refractivity contribution in [2.24, 2.45) is 0 Å². The van der Waals surface area contributed by atoms with Gasteiger partial charge in [-0.3, -0.25) is 4.90 Å². The fraction of sp³-hybridized carbons (Fsp3) is 0.458. The minimum atomic E-state index is 0.178. The lowest BCUT2D eigenvalue weighted by molar-refractivity contribution is -0.109. The molecule has 2 aliphatic rings. The molecule has 1 saturated heterocycles. The molecule has 31 heavy (non-hydrogen) atoms. The minimum absolute atomic E-state index is 0.178. The Morgan fingerprint density at radius 2 is 2.03 bits per heavy atom. The molecule has 0 spiro atoms. The van der Waals surface area contributed by atoms with Gasteiger partial charge in [0.25, 0.3) is 0 Å². The zero-order chi connectivity index (χ0) is 21.6. The van der Waals surface area contributed by atoms with E-state index in [-0.39, 0.29) is 18.8 Å². The lowest BCUT2D eigenvalue weighted by Crippen LogP contribution is -2.25. The van der Waals surface area contributed by atoms with E-state index in [1.165, 1.54) is 5.56 Å². The van der Waals surface area contributed by atoms with Crippen molar-refractivity contribution in [3.8, 4) is 23.0 Å². The molecule has 7 heteroatoms. The number of nitrogens with zero attached hydrogens (tertiary/aromatic N) is 1. The van der Waals surface area contributed by atoms with Gasteiger partial charge < -0.3 is 23.7 Å². The number of likely N-dealkylation sites (tertiary alicyclic amines) is 1. The SMILES string of the molecule is COc1cc([C@@H]2C[C@H](c3ccc(OCCCSC)cc3)N(CC=O)C2)cc2c1OCO2. The van der Waals surface area contributed by atoms with Gasteiger partial charge in [0.1, 0.15) is 12.0 Å². The molecule has 6 nitrogen and oxygen atoms in total. The molecule has 4 rings (SSSR count). The summed E-state index contributed by atoms with van der Waals surface area (Å²) in [5.41, 5.74) is 2.35. The van der Waals surface area contributed by atoms with Crippen LogP contribution in [0.1, 0.15) is 35.9 Å². The van der Waals surface area contributed by atoms with Crippen molar-refractivity contribution in [2.75, 3.05) is 45.6 Å². The maximum atomic E-state index is 11.3. The molecule has 0 unspecified atom stereocenters. The number of rotatable bonds is 10. The summed E-state index contributed by atoms with van der Waals surface area (Å²) in [6.45, 7) is 2.16. The standard InChI is InChI=1S/C24H29NO5S/c1-27-22-13-18(14-23-24(22)30-16-29-23)19-12-21(25(15-19)8-9-26)17-4-6-20(7-5-17)28-10-3-11-31-2/h4-7,9,13-14,19,21H,3,8,10-12,15-16H2,1-2H3/t19-,21-/m1/s1. The monoisotopic (exact) mass is 443 g/mol. The molecule has 0 aliphatic carbocycles. The number of thioether (sulfide) groups is 1. The Bertz CT molecular complexity index is 888. The van der Waals surface area contributed by atoms with Crippen molar-refractivity contribution in [2.45, 2.75) is 24.8 Å². The van der Waals surface area contributed by atoms with Gasteiger partial charge >= 0.3 is 0 Å². The molecule has 0 radical (unpaired) electrons. The summed E-state index contributed by atoms with van der Waals surface area (Å²) < 4.78 is 22.5. The summed E-state index contributed by atoms with van der Waals surface area (Å²) in [7, 11) is 1.64. The van der Waals surface area contributed by atoms with Crippen LogP contribution in [0.2, 0.25) is 0 Å². The van der Waals surface area contributed by atoms with Crippen LogP contribution in [0.25, 0.3) is 0 Å². The van der Waals surface area contributed by atoms with Gasteiger partial charge in [-0.25, -0.2) is 0 Å². The van der Waals surface area contributed by atoms with E-state index >= 15 is 0 Å². The van der Waals surface area contributed by atoms with Crippen molar-refractivity contribution in [1.29, 1.82) is 0 Å². The van der Waals surface area contributed by atoms with E-state index in [2.05, 4.69) is 23.3 Å². The zero-order valence-electron chi connectivity index (χ0n) is 18.0. The highest BCUT2D eigenvalue weighted by Crippen LogP contribution is 2.47. The van der Waals surface area contributed by atoms with Gasteiger partial charge in [-0.2, -0.15) is 11.8 Å². The quantitative estimate of drug-likeness (QED) is 0.401. The van der Waals surface area contributed by atoms with Gasteiger partial charge in [-0.05, 0) is 66.2 Å². The molecule has 2 atom stereocenters. The first-order valence-corrected chi connectivity index (χ1v) is 12.0. The second-order valence-electron chi connectivity index (χ2n) is 7.79. The molecule has 2 aromatic carbocycles. The first kappa shape index (κ1) is 21.8. The minimum Gasteiger partial charge on any atom is -0.494 e. The van der Waals surface area contributed by atoms with Crippen LogP contribution in [0.4, 0.5) is 0 Å². The number of methoxy groups -OCH3 is 1. The highest BCUT2D eigenvalue weighted by molar-refractivity contribution is 7.98. The Kier molecular flexibility index (Phi) is 7.25. The van der Waals surface area contributed by atoms with Crippen LogP contribution in [0, 0.1) is 0 Å². The lowest BCUT2D eigenvalue weighted by Gasteiger charge is -2.22. The molecule has 2 heterocycles. The van der Waals surface area contributed by atoms with Crippen molar-refractivity contribution in [3.63, 3.8) is 0 Å². The number of carbonyl (C=O) groups excluding carboxylic acids is 1. The maximum Gasteiger partial charge on any atom is 0.231 e. The van der Waals surface area contributed by atoms with E-state index in [0.717, 1.165) is 55.1 Å². The molecule has 0 saturated carbocycles. The fourth-order valence-corrected chi connectivity index (χ4v) is 4.76. The third-order valence-electron chi connectivity index (χ3n) is 5.89. The van der Waals surface area contributed by atoms with Gasteiger partial charge in [0.05, 0.1) is 20.3 Å². The number of aldehydes is 1. The number of hydrogen-bond acceptors (Lipinski definition) is 7. The molecular weight excluding hydrogens is 414 g/mol. The first-order valence-electron chi connectivity index (χ1n) is 10.6. The van der Waals surface area contributed by atoms with E-state index in [9.17, 15) is 4.79 Å². The Balaban J connectivity index is 1.49. The van der Waals surface area contributed by atoms with Crippen molar-refractivity contribution >= 4 is 18.0 Å². The van der Waals surface area contributed by atoms with Gasteiger partial charge in [-0.1, -0.05) is 12.1 Å². The lowest BCUT2D eigenvalue weighted by atomic mass is 9.93. The summed E-state index contributed by atoms with van der Waals surface area (Å²) in [4.78, 5) is 13.6. The summed E-state index contributed by atoms with van der Waals surface area (Å²) in [6.07, 6.45) is 5.05. The normalized spacial score (nSPS) is 20.1. The maximum absolute atomic E-state index is 11.3. The zero-order valence-corrected chi connectivity index (χ0v) is 18.9. The number of fused-ring (bicyclic) bond motifs is 1. The summed E-state index contributed by atoms with van der Waals surface area (Å²) in [6, 6.07) is 12.6. The molecule has 1 fully saturated rings. The number of hydrogen-bond donors (Lipinski definition) is 0. The second-order valence-corrected chi connectivity index (χ2v) is 8.78. The molecule has 0 aromatic heterocycles.